The van der Waals surface area contributed by atoms with Crippen LogP contribution in [0.25, 0.3) is 10.9 Å². The van der Waals surface area contributed by atoms with Crippen molar-refractivity contribution < 1.29 is 19.4 Å². The van der Waals surface area contributed by atoms with E-state index in [0.717, 1.165) is 11.1 Å². The molecule has 1 heterocycles. The van der Waals surface area contributed by atoms with E-state index in [1.165, 1.54) is 0 Å². The molecule has 1 aromatic heterocycles. The summed E-state index contributed by atoms with van der Waals surface area (Å²) < 4.78 is 12.8. The van der Waals surface area contributed by atoms with E-state index in [-0.39, 0.29) is 11.4 Å². The third-order valence-corrected chi connectivity index (χ3v) is 3.98. The fraction of sp³-hybridized carbons (Fsp3) is 0.286. The topological polar surface area (TPSA) is 60.7 Å². The van der Waals surface area contributed by atoms with Crippen molar-refractivity contribution in [2.45, 2.75) is 33.0 Å². The van der Waals surface area contributed by atoms with Gasteiger partial charge < -0.3 is 19.1 Å². The Morgan fingerprint density at radius 2 is 1.81 bits per heavy atom. The number of rotatable bonds is 4. The number of ether oxygens (including phenoxy) is 2. The summed E-state index contributed by atoms with van der Waals surface area (Å²) in [5.41, 5.74) is 1.29. The minimum absolute atomic E-state index is 0.0955. The van der Waals surface area contributed by atoms with Crippen LogP contribution >= 0.6 is 0 Å². The lowest BCUT2D eigenvalue weighted by atomic mass is 10.2. The molecule has 1 N–H and O–H groups in total. The van der Waals surface area contributed by atoms with Gasteiger partial charge in [-0.25, -0.2) is 4.79 Å². The van der Waals surface area contributed by atoms with Gasteiger partial charge in [0.2, 0.25) is 0 Å². The van der Waals surface area contributed by atoms with Gasteiger partial charge in [-0.1, -0.05) is 30.3 Å². The zero-order valence-corrected chi connectivity index (χ0v) is 15.4. The fourth-order valence-corrected chi connectivity index (χ4v) is 2.79. The van der Waals surface area contributed by atoms with E-state index in [1.54, 1.807) is 38.5 Å². The Morgan fingerprint density at radius 3 is 2.46 bits per heavy atom. The number of hydrogen-bond acceptors (Lipinski definition) is 4. The smallest absolute Gasteiger partial charge is 0.359 e. The highest BCUT2D eigenvalue weighted by molar-refractivity contribution is 6.02. The predicted octanol–water partition coefficient (Wildman–Crippen LogP) is 4.42. The molecule has 0 bridgehead atoms. The molecule has 136 valence electrons. The van der Waals surface area contributed by atoms with Crippen molar-refractivity contribution in [3.8, 4) is 11.5 Å². The first kappa shape index (κ1) is 17.9. The number of hydrogen-bond donors (Lipinski definition) is 1. The monoisotopic (exact) mass is 353 g/mol. The summed E-state index contributed by atoms with van der Waals surface area (Å²) in [5.74, 6) is -0.0274. The summed E-state index contributed by atoms with van der Waals surface area (Å²) >= 11 is 0. The van der Waals surface area contributed by atoms with Crippen molar-refractivity contribution in [2.24, 2.45) is 7.05 Å². The maximum atomic E-state index is 12.4. The number of nitrogens with zero attached hydrogens (tertiary/aromatic N) is 1. The van der Waals surface area contributed by atoms with Gasteiger partial charge >= 0.3 is 5.97 Å². The van der Waals surface area contributed by atoms with Crippen LogP contribution in [-0.2, 0) is 18.4 Å². The van der Waals surface area contributed by atoms with Gasteiger partial charge in [0.1, 0.15) is 18.0 Å². The maximum Gasteiger partial charge on any atom is 0.359 e. The summed E-state index contributed by atoms with van der Waals surface area (Å²) in [6.07, 6.45) is 0. The molecule has 0 saturated carbocycles. The van der Waals surface area contributed by atoms with Crippen LogP contribution in [0.2, 0.25) is 0 Å². The second-order valence-corrected chi connectivity index (χ2v) is 7.21. The number of esters is 1. The number of benzene rings is 2. The van der Waals surface area contributed by atoms with Crippen molar-refractivity contribution in [3.05, 3.63) is 59.8 Å². The Kier molecular flexibility index (Phi) is 4.64. The molecule has 0 fully saturated rings. The van der Waals surface area contributed by atoms with E-state index >= 15 is 0 Å². The predicted molar refractivity (Wildman–Crippen MR) is 101 cm³/mol. The lowest BCUT2D eigenvalue weighted by Gasteiger charge is -2.19. The molecular formula is C21H23NO4. The van der Waals surface area contributed by atoms with Crippen LogP contribution in [-0.4, -0.2) is 21.2 Å². The third kappa shape index (κ3) is 3.67. The van der Waals surface area contributed by atoms with Gasteiger partial charge in [-0.2, -0.15) is 0 Å². The Morgan fingerprint density at radius 1 is 1.12 bits per heavy atom. The van der Waals surface area contributed by atoms with Gasteiger partial charge in [-0.3, -0.25) is 0 Å². The van der Waals surface area contributed by atoms with Gasteiger partial charge in [-0.15, -0.1) is 0 Å². The Balaban J connectivity index is 1.90. The van der Waals surface area contributed by atoms with E-state index in [4.69, 9.17) is 9.47 Å². The molecule has 26 heavy (non-hydrogen) atoms. The van der Waals surface area contributed by atoms with Crippen LogP contribution in [0.4, 0.5) is 0 Å². The molecular weight excluding hydrogens is 330 g/mol. The third-order valence-electron chi connectivity index (χ3n) is 3.98. The van der Waals surface area contributed by atoms with Crippen LogP contribution in [0.15, 0.2) is 48.5 Å². The normalized spacial score (nSPS) is 11.5. The van der Waals surface area contributed by atoms with Gasteiger partial charge in [-0.05, 0) is 44.5 Å². The van der Waals surface area contributed by atoms with E-state index in [1.807, 2.05) is 42.5 Å². The molecule has 0 unspecified atom stereocenters. The summed E-state index contributed by atoms with van der Waals surface area (Å²) in [4.78, 5) is 12.4. The Labute approximate surface area is 152 Å². The number of fused-ring (bicyclic) bond motifs is 1. The molecule has 0 aliphatic carbocycles. The van der Waals surface area contributed by atoms with Crippen molar-refractivity contribution in [1.29, 1.82) is 0 Å². The first-order valence-corrected chi connectivity index (χ1v) is 8.48. The van der Waals surface area contributed by atoms with E-state index < -0.39 is 11.6 Å². The van der Waals surface area contributed by atoms with Crippen molar-refractivity contribution in [3.63, 3.8) is 0 Å². The Bertz CT molecular complexity index is 936. The van der Waals surface area contributed by atoms with E-state index in [2.05, 4.69) is 0 Å². The first-order chi connectivity index (χ1) is 12.3. The molecule has 3 aromatic rings. The fourth-order valence-electron chi connectivity index (χ4n) is 2.79. The second-order valence-electron chi connectivity index (χ2n) is 7.21. The number of aromatic nitrogens is 1. The molecule has 0 saturated heterocycles. The number of aromatic hydroxyl groups is 1. The van der Waals surface area contributed by atoms with Gasteiger partial charge in [0, 0.05) is 12.4 Å². The highest BCUT2D eigenvalue weighted by atomic mass is 16.6. The molecule has 0 aliphatic rings. The van der Waals surface area contributed by atoms with Gasteiger partial charge in [0.15, 0.2) is 11.4 Å². The molecule has 0 amide bonds. The molecule has 0 atom stereocenters. The summed E-state index contributed by atoms with van der Waals surface area (Å²) in [6.45, 7) is 5.80. The molecule has 0 radical (unpaired) electrons. The van der Waals surface area contributed by atoms with Crippen LogP contribution < -0.4 is 4.74 Å². The SMILES string of the molecule is Cn1c(C(=O)OC(C)(C)C)c(O)c2cc(OCc3ccccc3)ccc21. The van der Waals surface area contributed by atoms with Crippen molar-refractivity contribution in [2.75, 3.05) is 0 Å². The van der Waals surface area contributed by atoms with Crippen molar-refractivity contribution in [1.82, 2.24) is 4.57 Å². The lowest BCUT2D eigenvalue weighted by molar-refractivity contribution is 0.00566. The zero-order valence-electron chi connectivity index (χ0n) is 15.4. The van der Waals surface area contributed by atoms with Crippen LogP contribution in [0.5, 0.6) is 11.5 Å². The summed E-state index contributed by atoms with van der Waals surface area (Å²) in [6, 6.07) is 15.2. The average Bonchev–Trinajstić information content (AvgIpc) is 2.83. The zero-order chi connectivity index (χ0) is 18.9. The lowest BCUT2D eigenvalue weighted by Crippen LogP contribution is -2.25. The maximum absolute atomic E-state index is 12.4. The molecule has 0 spiro atoms. The van der Waals surface area contributed by atoms with Gasteiger partial charge in [0.05, 0.1) is 5.52 Å². The quantitative estimate of drug-likeness (QED) is 0.706. The largest absolute Gasteiger partial charge is 0.505 e. The van der Waals surface area contributed by atoms with Crippen LogP contribution in [0.1, 0.15) is 36.8 Å². The van der Waals surface area contributed by atoms with Gasteiger partial charge in [0.25, 0.3) is 0 Å². The molecule has 5 heteroatoms. The van der Waals surface area contributed by atoms with Crippen LogP contribution in [0, 0.1) is 0 Å². The highest BCUT2D eigenvalue weighted by Crippen LogP contribution is 2.35. The molecule has 2 aromatic carbocycles. The standard InChI is InChI=1S/C21H23NO4/c1-21(2,3)26-20(24)18-19(23)16-12-15(10-11-17(16)22(18)4)25-13-14-8-6-5-7-9-14/h5-12,23H,13H2,1-4H3. The highest BCUT2D eigenvalue weighted by Gasteiger charge is 2.26. The molecule has 0 aliphatic heterocycles. The minimum atomic E-state index is -0.635. The van der Waals surface area contributed by atoms with Crippen molar-refractivity contribution >= 4 is 16.9 Å². The number of carbonyl (C=O) groups excluding carboxylic acids is 1. The second kappa shape index (κ2) is 6.75. The van der Waals surface area contributed by atoms with E-state index in [9.17, 15) is 9.90 Å². The Hall–Kier alpha value is -2.95. The summed E-state index contributed by atoms with van der Waals surface area (Å²) in [5, 5.41) is 11.1. The van der Waals surface area contributed by atoms with E-state index in [0.29, 0.717) is 17.7 Å². The average molecular weight is 353 g/mol. The molecule has 3 rings (SSSR count). The van der Waals surface area contributed by atoms with Crippen LogP contribution in [0.3, 0.4) is 0 Å². The number of aryl methyl sites for hydroxylation is 1. The summed E-state index contributed by atoms with van der Waals surface area (Å²) in [7, 11) is 1.73. The molecule has 5 nitrogen and oxygen atoms in total. The number of carbonyl (C=O) groups is 1. The first-order valence-electron chi connectivity index (χ1n) is 8.48. The minimum Gasteiger partial charge on any atom is -0.505 e.